The zero-order chi connectivity index (χ0) is 13.0. The quantitative estimate of drug-likeness (QED) is 0.843. The summed E-state index contributed by atoms with van der Waals surface area (Å²) in [5.74, 6) is 0.658. The van der Waals surface area contributed by atoms with E-state index in [-0.39, 0.29) is 0 Å². The summed E-state index contributed by atoms with van der Waals surface area (Å²) in [5, 5.41) is 0.542. The second-order valence-corrected chi connectivity index (χ2v) is 4.56. The van der Waals surface area contributed by atoms with Crippen LogP contribution >= 0.6 is 11.6 Å². The summed E-state index contributed by atoms with van der Waals surface area (Å²) < 4.78 is 5.66. The molecule has 0 heterocycles. The van der Waals surface area contributed by atoms with Crippen molar-refractivity contribution in [2.45, 2.75) is 20.0 Å². The number of rotatable bonds is 4. The van der Waals surface area contributed by atoms with Crippen molar-refractivity contribution in [3.8, 4) is 5.75 Å². The SMILES string of the molecule is CCc1ccc(COc2ccc(N)cc2Cl)cc1. The van der Waals surface area contributed by atoms with Gasteiger partial charge in [-0.2, -0.15) is 0 Å². The molecule has 0 fully saturated rings. The lowest BCUT2D eigenvalue weighted by Crippen LogP contribution is -1.96. The summed E-state index contributed by atoms with van der Waals surface area (Å²) in [5.41, 5.74) is 8.71. The third-order valence-electron chi connectivity index (χ3n) is 2.78. The molecule has 2 N–H and O–H groups in total. The van der Waals surface area contributed by atoms with Gasteiger partial charge in [0, 0.05) is 5.69 Å². The average molecular weight is 262 g/mol. The van der Waals surface area contributed by atoms with E-state index >= 15 is 0 Å². The van der Waals surface area contributed by atoms with Gasteiger partial charge in [-0.25, -0.2) is 0 Å². The lowest BCUT2D eigenvalue weighted by Gasteiger charge is -2.09. The predicted molar refractivity (Wildman–Crippen MR) is 76.0 cm³/mol. The first kappa shape index (κ1) is 12.8. The first-order valence-corrected chi connectivity index (χ1v) is 6.32. The molecule has 3 heteroatoms. The standard InChI is InChI=1S/C15H16ClNO/c1-2-11-3-5-12(6-4-11)10-18-15-8-7-13(17)9-14(15)16/h3-9H,2,10,17H2,1H3. The molecule has 0 bridgehead atoms. The van der Waals surface area contributed by atoms with Crippen molar-refractivity contribution in [3.05, 3.63) is 58.6 Å². The van der Waals surface area contributed by atoms with E-state index in [4.69, 9.17) is 22.1 Å². The van der Waals surface area contributed by atoms with E-state index in [2.05, 4.69) is 31.2 Å². The van der Waals surface area contributed by atoms with Crippen LogP contribution in [-0.4, -0.2) is 0 Å². The predicted octanol–water partition coefficient (Wildman–Crippen LogP) is 4.06. The summed E-state index contributed by atoms with van der Waals surface area (Å²) in [6.45, 7) is 2.65. The second-order valence-electron chi connectivity index (χ2n) is 4.15. The Labute approximate surface area is 112 Å². The van der Waals surface area contributed by atoms with E-state index in [1.165, 1.54) is 5.56 Å². The number of nitrogens with two attached hydrogens (primary N) is 1. The molecule has 0 aliphatic carbocycles. The van der Waals surface area contributed by atoms with Crippen molar-refractivity contribution < 1.29 is 4.74 Å². The normalized spacial score (nSPS) is 10.3. The van der Waals surface area contributed by atoms with E-state index in [1.54, 1.807) is 18.2 Å². The Morgan fingerprint density at radius 1 is 1.06 bits per heavy atom. The maximum atomic E-state index is 6.04. The highest BCUT2D eigenvalue weighted by Gasteiger charge is 2.02. The van der Waals surface area contributed by atoms with Gasteiger partial charge in [0.1, 0.15) is 12.4 Å². The highest BCUT2D eigenvalue weighted by atomic mass is 35.5. The molecule has 0 aliphatic rings. The molecule has 0 aliphatic heterocycles. The van der Waals surface area contributed by atoms with E-state index < -0.39 is 0 Å². The number of ether oxygens (including phenoxy) is 1. The number of hydrogen-bond donors (Lipinski definition) is 1. The van der Waals surface area contributed by atoms with Gasteiger partial charge in [-0.05, 0) is 35.7 Å². The van der Waals surface area contributed by atoms with Crippen LogP contribution in [0.2, 0.25) is 5.02 Å². The Hall–Kier alpha value is -1.67. The Kier molecular flexibility index (Phi) is 4.11. The lowest BCUT2D eigenvalue weighted by atomic mass is 10.1. The molecule has 94 valence electrons. The van der Waals surface area contributed by atoms with Gasteiger partial charge in [-0.3, -0.25) is 0 Å². The van der Waals surface area contributed by atoms with Gasteiger partial charge < -0.3 is 10.5 Å². The average Bonchev–Trinajstić information content (AvgIpc) is 2.38. The molecule has 2 rings (SSSR count). The molecule has 0 unspecified atom stereocenters. The highest BCUT2D eigenvalue weighted by molar-refractivity contribution is 6.32. The number of hydrogen-bond acceptors (Lipinski definition) is 2. The molecule has 0 radical (unpaired) electrons. The van der Waals surface area contributed by atoms with Crippen molar-refractivity contribution in [2.24, 2.45) is 0 Å². The van der Waals surface area contributed by atoms with Crippen LogP contribution < -0.4 is 10.5 Å². The van der Waals surface area contributed by atoms with Gasteiger partial charge in [0.2, 0.25) is 0 Å². The molecule has 18 heavy (non-hydrogen) atoms. The van der Waals surface area contributed by atoms with Crippen LogP contribution in [0.3, 0.4) is 0 Å². The second kappa shape index (κ2) is 5.78. The number of benzene rings is 2. The molecular formula is C15H16ClNO. The van der Waals surface area contributed by atoms with E-state index in [1.807, 2.05) is 0 Å². The monoisotopic (exact) mass is 261 g/mol. The van der Waals surface area contributed by atoms with Crippen LogP contribution in [0.5, 0.6) is 5.75 Å². The fraction of sp³-hybridized carbons (Fsp3) is 0.200. The van der Waals surface area contributed by atoms with Crippen LogP contribution in [0.1, 0.15) is 18.1 Å². The van der Waals surface area contributed by atoms with Crippen molar-refractivity contribution in [1.29, 1.82) is 0 Å². The zero-order valence-electron chi connectivity index (χ0n) is 10.3. The summed E-state index contributed by atoms with van der Waals surface area (Å²) in [4.78, 5) is 0. The Bertz CT molecular complexity index is 523. The van der Waals surface area contributed by atoms with Crippen molar-refractivity contribution >= 4 is 17.3 Å². The molecule has 0 amide bonds. The van der Waals surface area contributed by atoms with Crippen LogP contribution in [0, 0.1) is 0 Å². The minimum absolute atomic E-state index is 0.508. The molecule has 2 nitrogen and oxygen atoms in total. The minimum atomic E-state index is 0.508. The minimum Gasteiger partial charge on any atom is -0.487 e. The van der Waals surface area contributed by atoms with Crippen LogP contribution in [0.25, 0.3) is 0 Å². The van der Waals surface area contributed by atoms with Crippen molar-refractivity contribution in [1.82, 2.24) is 0 Å². The first-order chi connectivity index (χ1) is 8.69. The molecule has 0 spiro atoms. The number of anilines is 1. The molecule has 2 aromatic carbocycles. The smallest absolute Gasteiger partial charge is 0.138 e. The molecule has 2 aromatic rings. The van der Waals surface area contributed by atoms with Gasteiger partial charge in [0.25, 0.3) is 0 Å². The third-order valence-corrected chi connectivity index (χ3v) is 3.08. The number of halogens is 1. The maximum absolute atomic E-state index is 6.04. The summed E-state index contributed by atoms with van der Waals surface area (Å²) in [6, 6.07) is 13.6. The summed E-state index contributed by atoms with van der Waals surface area (Å²) in [7, 11) is 0. The Morgan fingerprint density at radius 2 is 1.72 bits per heavy atom. The van der Waals surface area contributed by atoms with Gasteiger partial charge in [0.05, 0.1) is 5.02 Å². The fourth-order valence-electron chi connectivity index (χ4n) is 1.67. The summed E-state index contributed by atoms with van der Waals surface area (Å²) in [6.07, 6.45) is 1.05. The summed E-state index contributed by atoms with van der Waals surface area (Å²) >= 11 is 6.04. The molecular weight excluding hydrogens is 246 g/mol. The number of aryl methyl sites for hydroxylation is 1. The van der Waals surface area contributed by atoms with Gasteiger partial charge >= 0.3 is 0 Å². The van der Waals surface area contributed by atoms with Gasteiger partial charge in [0.15, 0.2) is 0 Å². The van der Waals surface area contributed by atoms with E-state index in [0.717, 1.165) is 12.0 Å². The lowest BCUT2D eigenvalue weighted by molar-refractivity contribution is 0.306. The van der Waals surface area contributed by atoms with Crippen LogP contribution in [0.15, 0.2) is 42.5 Å². The molecule has 0 saturated heterocycles. The number of nitrogen functional groups attached to an aromatic ring is 1. The fourth-order valence-corrected chi connectivity index (χ4v) is 1.91. The van der Waals surface area contributed by atoms with Gasteiger partial charge in [-0.1, -0.05) is 42.8 Å². The van der Waals surface area contributed by atoms with Crippen molar-refractivity contribution in [2.75, 3.05) is 5.73 Å². The van der Waals surface area contributed by atoms with E-state index in [9.17, 15) is 0 Å². The maximum Gasteiger partial charge on any atom is 0.138 e. The highest BCUT2D eigenvalue weighted by Crippen LogP contribution is 2.27. The Morgan fingerprint density at radius 3 is 2.33 bits per heavy atom. The topological polar surface area (TPSA) is 35.2 Å². The van der Waals surface area contributed by atoms with Crippen LogP contribution in [-0.2, 0) is 13.0 Å². The molecule has 0 atom stereocenters. The molecule has 0 saturated carbocycles. The molecule has 0 aromatic heterocycles. The van der Waals surface area contributed by atoms with Crippen LogP contribution in [0.4, 0.5) is 5.69 Å². The van der Waals surface area contributed by atoms with E-state index in [0.29, 0.717) is 23.1 Å². The largest absolute Gasteiger partial charge is 0.487 e. The zero-order valence-corrected chi connectivity index (χ0v) is 11.1. The Balaban J connectivity index is 2.02. The van der Waals surface area contributed by atoms with Crippen molar-refractivity contribution in [3.63, 3.8) is 0 Å². The van der Waals surface area contributed by atoms with Gasteiger partial charge in [-0.15, -0.1) is 0 Å². The third kappa shape index (κ3) is 3.17. The first-order valence-electron chi connectivity index (χ1n) is 5.94.